The largest absolute Gasteiger partial charge is 0.468 e. The molecule has 1 aromatic rings. The summed E-state index contributed by atoms with van der Waals surface area (Å²) in [5.74, 6) is -0.676. The van der Waals surface area contributed by atoms with Gasteiger partial charge in [-0.25, -0.2) is 0 Å². The lowest BCUT2D eigenvalue weighted by Gasteiger charge is -2.18. The highest BCUT2D eigenvalue weighted by Gasteiger charge is 2.13. The molecule has 7 heteroatoms. The predicted octanol–water partition coefficient (Wildman–Crippen LogP) is 0.810. The zero-order chi connectivity index (χ0) is 14.5. The highest BCUT2D eigenvalue weighted by atomic mass is 16.5. The van der Waals surface area contributed by atoms with Crippen LogP contribution in [0.3, 0.4) is 0 Å². The fourth-order valence-electron chi connectivity index (χ4n) is 1.19. The molecule has 0 spiro atoms. The SMILES string of the molecule is COC(=O)Cn1cc(NC(=O)COC(C)(C)C)cn1. The lowest BCUT2D eigenvalue weighted by Crippen LogP contribution is -2.27. The van der Waals surface area contributed by atoms with Gasteiger partial charge in [0.1, 0.15) is 13.2 Å². The molecule has 1 heterocycles. The molecule has 106 valence electrons. The number of esters is 1. The summed E-state index contributed by atoms with van der Waals surface area (Å²) in [5.41, 5.74) is 0.137. The van der Waals surface area contributed by atoms with Crippen LogP contribution in [0.2, 0.25) is 0 Å². The molecule has 1 N–H and O–H groups in total. The van der Waals surface area contributed by atoms with Gasteiger partial charge in [-0.15, -0.1) is 0 Å². The second kappa shape index (κ2) is 6.33. The third kappa shape index (κ3) is 6.01. The van der Waals surface area contributed by atoms with Crippen LogP contribution in [0.4, 0.5) is 5.69 Å². The number of ether oxygens (including phenoxy) is 2. The molecular weight excluding hydrogens is 250 g/mol. The van der Waals surface area contributed by atoms with Gasteiger partial charge in [-0.05, 0) is 20.8 Å². The van der Waals surface area contributed by atoms with Crippen molar-refractivity contribution in [2.45, 2.75) is 32.9 Å². The Balaban J connectivity index is 2.45. The fraction of sp³-hybridized carbons (Fsp3) is 0.583. The van der Waals surface area contributed by atoms with Gasteiger partial charge in [0.2, 0.25) is 5.91 Å². The van der Waals surface area contributed by atoms with Crippen LogP contribution < -0.4 is 5.32 Å². The molecule has 0 saturated heterocycles. The van der Waals surface area contributed by atoms with Gasteiger partial charge in [0.05, 0.1) is 24.6 Å². The minimum atomic E-state index is -0.406. The molecule has 0 aliphatic carbocycles. The van der Waals surface area contributed by atoms with Crippen molar-refractivity contribution in [3.05, 3.63) is 12.4 Å². The lowest BCUT2D eigenvalue weighted by molar-refractivity contribution is -0.141. The van der Waals surface area contributed by atoms with E-state index in [1.165, 1.54) is 18.0 Å². The molecule has 1 amide bonds. The van der Waals surface area contributed by atoms with Gasteiger partial charge in [-0.1, -0.05) is 0 Å². The number of anilines is 1. The monoisotopic (exact) mass is 269 g/mol. The number of methoxy groups -OCH3 is 1. The summed E-state index contributed by atoms with van der Waals surface area (Å²) in [6.45, 7) is 5.58. The molecule has 0 unspecified atom stereocenters. The lowest BCUT2D eigenvalue weighted by atomic mass is 10.2. The van der Waals surface area contributed by atoms with E-state index >= 15 is 0 Å². The molecule has 0 fully saturated rings. The maximum atomic E-state index is 11.6. The van der Waals surface area contributed by atoms with Gasteiger partial charge < -0.3 is 14.8 Å². The van der Waals surface area contributed by atoms with Crippen LogP contribution in [0.25, 0.3) is 0 Å². The summed E-state index contributed by atoms with van der Waals surface area (Å²) in [7, 11) is 1.30. The van der Waals surface area contributed by atoms with Crippen molar-refractivity contribution in [3.63, 3.8) is 0 Å². The van der Waals surface area contributed by atoms with Gasteiger partial charge in [-0.3, -0.25) is 14.3 Å². The molecule has 0 atom stereocenters. The van der Waals surface area contributed by atoms with Crippen molar-refractivity contribution >= 4 is 17.6 Å². The molecule has 0 bridgehead atoms. The van der Waals surface area contributed by atoms with Gasteiger partial charge in [0.15, 0.2) is 0 Å². The average molecular weight is 269 g/mol. The molecule has 0 aromatic carbocycles. The number of amides is 1. The van der Waals surface area contributed by atoms with Crippen LogP contribution in [0, 0.1) is 0 Å². The number of aromatic nitrogens is 2. The third-order valence-corrected chi connectivity index (χ3v) is 2.07. The number of nitrogens with one attached hydrogen (secondary N) is 1. The van der Waals surface area contributed by atoms with Crippen molar-refractivity contribution < 1.29 is 19.1 Å². The summed E-state index contributed by atoms with van der Waals surface area (Å²) in [6, 6.07) is 0. The molecule has 0 aliphatic rings. The number of rotatable bonds is 5. The zero-order valence-corrected chi connectivity index (χ0v) is 11.6. The molecule has 7 nitrogen and oxygen atoms in total. The number of nitrogens with zero attached hydrogens (tertiary/aromatic N) is 2. The van der Waals surface area contributed by atoms with E-state index in [-0.39, 0.29) is 24.7 Å². The Kier molecular flexibility index (Phi) is 5.05. The van der Waals surface area contributed by atoms with E-state index in [2.05, 4.69) is 15.2 Å². The predicted molar refractivity (Wildman–Crippen MR) is 68.6 cm³/mol. The zero-order valence-electron chi connectivity index (χ0n) is 11.6. The highest BCUT2D eigenvalue weighted by molar-refractivity contribution is 5.91. The molecule has 0 saturated carbocycles. The maximum absolute atomic E-state index is 11.6. The Labute approximate surface area is 111 Å². The first kappa shape index (κ1) is 15.2. The van der Waals surface area contributed by atoms with Crippen molar-refractivity contribution in [1.82, 2.24) is 9.78 Å². The Hall–Kier alpha value is -1.89. The summed E-state index contributed by atoms with van der Waals surface area (Å²) in [5, 5.41) is 6.55. The van der Waals surface area contributed by atoms with Gasteiger partial charge >= 0.3 is 5.97 Å². The van der Waals surface area contributed by atoms with Crippen LogP contribution in [0.15, 0.2) is 12.4 Å². The first-order valence-corrected chi connectivity index (χ1v) is 5.83. The number of carbonyl (C=O) groups is 2. The minimum absolute atomic E-state index is 0.00482. The van der Waals surface area contributed by atoms with Crippen LogP contribution in [-0.4, -0.2) is 41.0 Å². The first-order chi connectivity index (χ1) is 8.80. The van der Waals surface area contributed by atoms with E-state index in [0.717, 1.165) is 0 Å². The molecular formula is C12H19N3O4. The van der Waals surface area contributed by atoms with Crippen molar-refractivity contribution in [2.24, 2.45) is 0 Å². The number of carbonyl (C=O) groups excluding carboxylic acids is 2. The van der Waals surface area contributed by atoms with E-state index < -0.39 is 5.97 Å². The minimum Gasteiger partial charge on any atom is -0.468 e. The summed E-state index contributed by atoms with van der Waals surface area (Å²) >= 11 is 0. The Bertz CT molecular complexity index is 448. The standard InChI is InChI=1S/C12H19N3O4/c1-12(2,3)19-8-10(16)14-9-5-13-15(6-9)7-11(17)18-4/h5-6H,7-8H2,1-4H3,(H,14,16). The van der Waals surface area contributed by atoms with E-state index in [1.807, 2.05) is 20.8 Å². The van der Waals surface area contributed by atoms with Gasteiger partial charge in [0, 0.05) is 6.20 Å². The van der Waals surface area contributed by atoms with Crippen LogP contribution in [0.1, 0.15) is 20.8 Å². The molecule has 19 heavy (non-hydrogen) atoms. The Morgan fingerprint density at radius 3 is 2.68 bits per heavy atom. The second-order valence-corrected chi connectivity index (χ2v) is 4.95. The summed E-state index contributed by atoms with van der Waals surface area (Å²) in [4.78, 5) is 22.6. The molecule has 1 aromatic heterocycles. The molecule has 0 aliphatic heterocycles. The number of hydrogen-bond acceptors (Lipinski definition) is 5. The molecule has 1 rings (SSSR count). The average Bonchev–Trinajstić information content (AvgIpc) is 2.73. The fourth-order valence-corrected chi connectivity index (χ4v) is 1.19. The van der Waals surface area contributed by atoms with Gasteiger partial charge in [-0.2, -0.15) is 5.10 Å². The number of hydrogen-bond donors (Lipinski definition) is 1. The van der Waals surface area contributed by atoms with Crippen LogP contribution in [0.5, 0.6) is 0 Å². The smallest absolute Gasteiger partial charge is 0.327 e. The van der Waals surface area contributed by atoms with Crippen LogP contribution in [-0.2, 0) is 25.6 Å². The van der Waals surface area contributed by atoms with E-state index in [9.17, 15) is 9.59 Å². The van der Waals surface area contributed by atoms with Crippen molar-refractivity contribution in [3.8, 4) is 0 Å². The summed E-state index contributed by atoms with van der Waals surface area (Å²) in [6.07, 6.45) is 3.00. The van der Waals surface area contributed by atoms with Crippen LogP contribution >= 0.6 is 0 Å². The Morgan fingerprint density at radius 1 is 1.42 bits per heavy atom. The quantitative estimate of drug-likeness (QED) is 0.800. The highest BCUT2D eigenvalue weighted by Crippen LogP contribution is 2.08. The first-order valence-electron chi connectivity index (χ1n) is 5.83. The normalized spacial score (nSPS) is 11.2. The van der Waals surface area contributed by atoms with E-state index in [0.29, 0.717) is 5.69 Å². The molecule has 0 radical (unpaired) electrons. The van der Waals surface area contributed by atoms with Crippen molar-refractivity contribution in [2.75, 3.05) is 19.0 Å². The van der Waals surface area contributed by atoms with Gasteiger partial charge in [0.25, 0.3) is 0 Å². The van der Waals surface area contributed by atoms with E-state index in [4.69, 9.17) is 4.74 Å². The second-order valence-electron chi connectivity index (χ2n) is 4.95. The summed E-state index contributed by atoms with van der Waals surface area (Å²) < 4.78 is 11.2. The van der Waals surface area contributed by atoms with E-state index in [1.54, 1.807) is 6.20 Å². The van der Waals surface area contributed by atoms with Crippen molar-refractivity contribution in [1.29, 1.82) is 0 Å². The third-order valence-electron chi connectivity index (χ3n) is 2.07. The maximum Gasteiger partial charge on any atom is 0.327 e. The Morgan fingerprint density at radius 2 is 2.11 bits per heavy atom. The topological polar surface area (TPSA) is 82.5 Å².